The third-order valence-corrected chi connectivity index (χ3v) is 5.45. The van der Waals surface area contributed by atoms with Crippen molar-refractivity contribution >= 4 is 15.5 Å². The molecule has 0 atom stereocenters. The lowest BCUT2D eigenvalue weighted by Gasteiger charge is -2.18. The van der Waals surface area contributed by atoms with Gasteiger partial charge >= 0.3 is 0 Å². The van der Waals surface area contributed by atoms with E-state index in [-0.39, 0.29) is 5.03 Å². The SMILES string of the molecule is CC(C)(C)S(=O)(=O)c1ccc(NCCn2cccn2)cn1. The summed E-state index contributed by atoms with van der Waals surface area (Å²) in [7, 11) is -3.40. The maximum atomic E-state index is 12.2. The van der Waals surface area contributed by atoms with Crippen molar-refractivity contribution in [3.8, 4) is 0 Å². The topological polar surface area (TPSA) is 76.9 Å². The number of anilines is 1. The van der Waals surface area contributed by atoms with Gasteiger partial charge in [-0.2, -0.15) is 5.10 Å². The fraction of sp³-hybridized carbons (Fsp3) is 0.429. The van der Waals surface area contributed by atoms with Crippen LogP contribution in [0.1, 0.15) is 20.8 Å². The molecule has 0 aromatic carbocycles. The third-order valence-electron chi connectivity index (χ3n) is 3.05. The van der Waals surface area contributed by atoms with Crippen LogP contribution in [0, 0.1) is 0 Å². The number of nitrogens with one attached hydrogen (secondary N) is 1. The molecule has 1 N–H and O–H groups in total. The second-order valence-electron chi connectivity index (χ2n) is 5.70. The minimum atomic E-state index is -3.40. The molecule has 114 valence electrons. The van der Waals surface area contributed by atoms with Crippen LogP contribution in [-0.2, 0) is 16.4 Å². The minimum Gasteiger partial charge on any atom is -0.382 e. The zero-order chi connectivity index (χ0) is 15.5. The Balaban J connectivity index is 1.99. The number of sulfone groups is 1. The number of hydrogen-bond acceptors (Lipinski definition) is 5. The summed E-state index contributed by atoms with van der Waals surface area (Å²) in [5.74, 6) is 0. The molecule has 0 saturated heterocycles. The van der Waals surface area contributed by atoms with Gasteiger partial charge in [-0.15, -0.1) is 0 Å². The predicted molar refractivity (Wildman–Crippen MR) is 81.9 cm³/mol. The average molecular weight is 308 g/mol. The van der Waals surface area contributed by atoms with E-state index in [0.717, 1.165) is 12.2 Å². The van der Waals surface area contributed by atoms with Crippen LogP contribution in [-0.4, -0.2) is 34.5 Å². The highest BCUT2D eigenvalue weighted by Gasteiger charge is 2.31. The highest BCUT2D eigenvalue weighted by molar-refractivity contribution is 7.92. The Morgan fingerprint density at radius 2 is 2.05 bits per heavy atom. The molecule has 0 amide bonds. The normalized spacial score (nSPS) is 12.3. The molecule has 2 aromatic heterocycles. The predicted octanol–water partition coefficient (Wildman–Crippen LogP) is 1.96. The summed E-state index contributed by atoms with van der Waals surface area (Å²) < 4.78 is 25.4. The molecule has 0 radical (unpaired) electrons. The van der Waals surface area contributed by atoms with Gasteiger partial charge in [0.05, 0.1) is 23.2 Å². The van der Waals surface area contributed by atoms with Crippen molar-refractivity contribution in [2.45, 2.75) is 37.1 Å². The molecule has 0 fully saturated rings. The summed E-state index contributed by atoms with van der Waals surface area (Å²) >= 11 is 0. The van der Waals surface area contributed by atoms with Crippen LogP contribution in [0.5, 0.6) is 0 Å². The van der Waals surface area contributed by atoms with Crippen molar-refractivity contribution in [2.75, 3.05) is 11.9 Å². The molecule has 0 unspecified atom stereocenters. The van der Waals surface area contributed by atoms with Crippen LogP contribution < -0.4 is 5.32 Å². The van der Waals surface area contributed by atoms with Gasteiger partial charge in [0.2, 0.25) is 0 Å². The lowest BCUT2D eigenvalue weighted by Crippen LogP contribution is -2.28. The van der Waals surface area contributed by atoms with Crippen LogP contribution in [0.3, 0.4) is 0 Å². The summed E-state index contributed by atoms with van der Waals surface area (Å²) in [4.78, 5) is 4.06. The van der Waals surface area contributed by atoms with E-state index in [4.69, 9.17) is 0 Å². The van der Waals surface area contributed by atoms with E-state index in [1.54, 1.807) is 39.2 Å². The molecule has 2 rings (SSSR count). The van der Waals surface area contributed by atoms with Crippen molar-refractivity contribution in [2.24, 2.45) is 0 Å². The van der Waals surface area contributed by atoms with Gasteiger partial charge in [0, 0.05) is 18.9 Å². The molecule has 21 heavy (non-hydrogen) atoms. The molecule has 2 heterocycles. The number of rotatable bonds is 5. The average Bonchev–Trinajstić information content (AvgIpc) is 2.91. The van der Waals surface area contributed by atoms with E-state index < -0.39 is 14.6 Å². The number of pyridine rings is 1. The van der Waals surface area contributed by atoms with Crippen LogP contribution in [0.2, 0.25) is 0 Å². The van der Waals surface area contributed by atoms with E-state index in [2.05, 4.69) is 15.4 Å². The molecule has 0 aliphatic carbocycles. The Bertz CT molecular complexity index is 671. The highest BCUT2D eigenvalue weighted by Crippen LogP contribution is 2.23. The monoisotopic (exact) mass is 308 g/mol. The summed E-state index contributed by atoms with van der Waals surface area (Å²) in [5, 5.41) is 7.39. The lowest BCUT2D eigenvalue weighted by atomic mass is 10.3. The third kappa shape index (κ3) is 3.60. The number of hydrogen-bond donors (Lipinski definition) is 1. The molecule has 7 heteroatoms. The Hall–Kier alpha value is -1.89. The molecule has 0 aliphatic heterocycles. The van der Waals surface area contributed by atoms with Crippen molar-refractivity contribution in [1.82, 2.24) is 14.8 Å². The first kappa shape index (κ1) is 15.5. The summed E-state index contributed by atoms with van der Waals surface area (Å²) in [6.45, 7) is 6.42. The van der Waals surface area contributed by atoms with E-state index in [0.29, 0.717) is 6.54 Å². The van der Waals surface area contributed by atoms with Gasteiger partial charge in [-0.25, -0.2) is 13.4 Å². The second kappa shape index (κ2) is 5.85. The molecule has 2 aromatic rings. The van der Waals surface area contributed by atoms with Gasteiger partial charge in [0.1, 0.15) is 0 Å². The summed E-state index contributed by atoms with van der Waals surface area (Å²) in [6, 6.07) is 5.14. The molecule has 6 nitrogen and oxygen atoms in total. The van der Waals surface area contributed by atoms with E-state index in [1.165, 1.54) is 6.07 Å². The van der Waals surface area contributed by atoms with E-state index >= 15 is 0 Å². The molecule has 0 spiro atoms. The van der Waals surface area contributed by atoms with Gasteiger partial charge in [-0.05, 0) is 39.0 Å². The van der Waals surface area contributed by atoms with Gasteiger partial charge in [0.15, 0.2) is 14.9 Å². The standard InChI is InChI=1S/C14H20N4O2S/c1-14(2,3)21(19,20)13-6-5-12(11-16-13)15-8-10-18-9-4-7-17-18/h4-7,9,11,15H,8,10H2,1-3H3. The van der Waals surface area contributed by atoms with Crippen molar-refractivity contribution in [3.05, 3.63) is 36.8 Å². The molecular weight excluding hydrogens is 288 g/mol. The fourth-order valence-corrected chi connectivity index (χ4v) is 2.77. The fourth-order valence-electron chi connectivity index (χ4n) is 1.71. The zero-order valence-electron chi connectivity index (χ0n) is 12.4. The highest BCUT2D eigenvalue weighted by atomic mass is 32.2. The summed E-state index contributed by atoms with van der Waals surface area (Å²) in [6.07, 6.45) is 5.16. The molecule has 0 aliphatic rings. The second-order valence-corrected chi connectivity index (χ2v) is 8.35. The van der Waals surface area contributed by atoms with Crippen molar-refractivity contribution in [1.29, 1.82) is 0 Å². The number of nitrogens with zero attached hydrogens (tertiary/aromatic N) is 3. The molecular formula is C14H20N4O2S. The molecule has 0 saturated carbocycles. The Morgan fingerprint density at radius 1 is 1.29 bits per heavy atom. The maximum absolute atomic E-state index is 12.2. The minimum absolute atomic E-state index is 0.104. The first-order chi connectivity index (χ1) is 9.80. The van der Waals surface area contributed by atoms with Gasteiger partial charge in [0.25, 0.3) is 0 Å². The van der Waals surface area contributed by atoms with Gasteiger partial charge in [-0.1, -0.05) is 0 Å². The number of aromatic nitrogens is 3. The van der Waals surface area contributed by atoms with Crippen molar-refractivity contribution < 1.29 is 8.42 Å². The Morgan fingerprint density at radius 3 is 2.57 bits per heavy atom. The lowest BCUT2D eigenvalue weighted by molar-refractivity contribution is 0.556. The van der Waals surface area contributed by atoms with Gasteiger partial charge in [-0.3, -0.25) is 4.68 Å². The molecule has 0 bridgehead atoms. The zero-order valence-corrected chi connectivity index (χ0v) is 13.3. The van der Waals surface area contributed by atoms with Crippen LogP contribution in [0.15, 0.2) is 41.8 Å². The van der Waals surface area contributed by atoms with Crippen LogP contribution >= 0.6 is 0 Å². The van der Waals surface area contributed by atoms with Crippen LogP contribution in [0.25, 0.3) is 0 Å². The van der Waals surface area contributed by atoms with E-state index in [1.807, 2.05) is 16.9 Å². The van der Waals surface area contributed by atoms with E-state index in [9.17, 15) is 8.42 Å². The summed E-state index contributed by atoms with van der Waals surface area (Å²) in [5.41, 5.74) is 0.787. The maximum Gasteiger partial charge on any atom is 0.200 e. The smallest absolute Gasteiger partial charge is 0.200 e. The first-order valence-corrected chi connectivity index (χ1v) is 8.21. The largest absolute Gasteiger partial charge is 0.382 e. The quantitative estimate of drug-likeness (QED) is 0.913. The first-order valence-electron chi connectivity index (χ1n) is 6.73. The Kier molecular flexibility index (Phi) is 4.32. The van der Waals surface area contributed by atoms with Crippen LogP contribution in [0.4, 0.5) is 5.69 Å². The van der Waals surface area contributed by atoms with Gasteiger partial charge < -0.3 is 5.32 Å². The Labute approximate surface area is 125 Å². The van der Waals surface area contributed by atoms with Crippen molar-refractivity contribution in [3.63, 3.8) is 0 Å².